The van der Waals surface area contributed by atoms with Crippen LogP contribution in [0.3, 0.4) is 0 Å². The molecule has 2 aliphatic rings. The van der Waals surface area contributed by atoms with Gasteiger partial charge < -0.3 is 9.47 Å². The van der Waals surface area contributed by atoms with Crippen LogP contribution in [-0.4, -0.2) is 23.6 Å². The third kappa shape index (κ3) is 1.62. The van der Waals surface area contributed by atoms with Crippen molar-refractivity contribution in [2.75, 3.05) is 6.79 Å². The highest BCUT2D eigenvalue weighted by Gasteiger charge is 2.33. The van der Waals surface area contributed by atoms with Gasteiger partial charge in [-0.2, -0.15) is 0 Å². The molecule has 1 aromatic heterocycles. The first-order chi connectivity index (χ1) is 11.7. The van der Waals surface area contributed by atoms with Crippen molar-refractivity contribution in [1.29, 1.82) is 0 Å². The number of pyridine rings is 1. The molecule has 0 atom stereocenters. The lowest BCUT2D eigenvalue weighted by Crippen LogP contribution is -2.20. The SMILES string of the molecule is O=C1NC(=O)c2c1cc1ccc3c(c1c2-c1ccncc1)OCO3. The minimum Gasteiger partial charge on any atom is -0.454 e. The highest BCUT2D eigenvalue weighted by molar-refractivity contribution is 6.28. The van der Waals surface area contributed by atoms with E-state index in [4.69, 9.17) is 9.47 Å². The molecule has 0 saturated heterocycles. The Kier molecular flexibility index (Phi) is 2.48. The topological polar surface area (TPSA) is 77.5 Å². The van der Waals surface area contributed by atoms with E-state index in [2.05, 4.69) is 10.3 Å². The van der Waals surface area contributed by atoms with Crippen molar-refractivity contribution >= 4 is 22.6 Å². The zero-order chi connectivity index (χ0) is 16.3. The highest BCUT2D eigenvalue weighted by Crippen LogP contribution is 2.46. The lowest BCUT2D eigenvalue weighted by atomic mass is 9.90. The van der Waals surface area contributed by atoms with Gasteiger partial charge in [-0.3, -0.25) is 19.9 Å². The van der Waals surface area contributed by atoms with Gasteiger partial charge in [0.2, 0.25) is 6.79 Å². The van der Waals surface area contributed by atoms with E-state index >= 15 is 0 Å². The Balaban J connectivity index is 2.00. The van der Waals surface area contributed by atoms with Crippen molar-refractivity contribution in [3.05, 3.63) is 53.9 Å². The third-order valence-electron chi connectivity index (χ3n) is 4.31. The highest BCUT2D eigenvalue weighted by atomic mass is 16.7. The first kappa shape index (κ1) is 13.1. The van der Waals surface area contributed by atoms with Gasteiger partial charge in [-0.05, 0) is 35.2 Å². The van der Waals surface area contributed by atoms with Gasteiger partial charge in [0.15, 0.2) is 11.5 Å². The first-order valence-electron chi connectivity index (χ1n) is 7.39. The summed E-state index contributed by atoms with van der Waals surface area (Å²) < 4.78 is 11.1. The molecule has 3 heterocycles. The van der Waals surface area contributed by atoms with E-state index in [0.717, 1.165) is 16.3 Å². The second-order valence-corrected chi connectivity index (χ2v) is 5.59. The Morgan fingerprint density at radius 1 is 0.958 bits per heavy atom. The molecule has 0 fully saturated rings. The van der Waals surface area contributed by atoms with Crippen LogP contribution in [-0.2, 0) is 0 Å². The van der Waals surface area contributed by atoms with Gasteiger partial charge in [0.05, 0.1) is 11.1 Å². The number of nitrogens with one attached hydrogen (secondary N) is 1. The number of amides is 2. The average Bonchev–Trinajstić information content (AvgIpc) is 3.19. The maximum absolute atomic E-state index is 12.4. The number of aromatic nitrogens is 1. The lowest BCUT2D eigenvalue weighted by Gasteiger charge is -2.13. The molecule has 2 aliphatic heterocycles. The third-order valence-corrected chi connectivity index (χ3v) is 4.31. The van der Waals surface area contributed by atoms with Crippen molar-refractivity contribution in [2.45, 2.75) is 0 Å². The molecule has 0 unspecified atom stereocenters. The molecule has 1 N–H and O–H groups in total. The van der Waals surface area contributed by atoms with E-state index in [1.807, 2.05) is 12.1 Å². The standard InChI is InChI=1S/C18H10N2O4/c21-17-11-7-10-1-2-12-16(24-8-23-12)14(10)13(15(11)18(22)20-17)9-3-5-19-6-4-9/h1-7H,8H2,(H,20,21,22). The van der Waals surface area contributed by atoms with Gasteiger partial charge in [0.1, 0.15) is 0 Å². The number of benzene rings is 2. The van der Waals surface area contributed by atoms with E-state index < -0.39 is 5.91 Å². The molecule has 24 heavy (non-hydrogen) atoms. The number of imide groups is 1. The fraction of sp³-hybridized carbons (Fsp3) is 0.0556. The van der Waals surface area contributed by atoms with E-state index in [-0.39, 0.29) is 12.7 Å². The number of hydrogen-bond donors (Lipinski definition) is 1. The molecule has 0 spiro atoms. The Bertz CT molecular complexity index is 1040. The van der Waals surface area contributed by atoms with Crippen molar-refractivity contribution in [2.24, 2.45) is 0 Å². The lowest BCUT2D eigenvalue weighted by molar-refractivity contribution is 0.0880. The molecule has 6 heteroatoms. The Morgan fingerprint density at radius 3 is 2.62 bits per heavy atom. The van der Waals surface area contributed by atoms with E-state index in [1.165, 1.54) is 0 Å². The zero-order valence-corrected chi connectivity index (χ0v) is 12.3. The van der Waals surface area contributed by atoms with Crippen molar-refractivity contribution in [3.8, 4) is 22.6 Å². The van der Waals surface area contributed by atoms with E-state index in [0.29, 0.717) is 28.2 Å². The number of nitrogens with zero attached hydrogens (tertiary/aromatic N) is 1. The van der Waals surface area contributed by atoms with Crippen LogP contribution in [0, 0.1) is 0 Å². The molecule has 0 aliphatic carbocycles. The predicted octanol–water partition coefficient (Wildman–Crippen LogP) is 2.51. The van der Waals surface area contributed by atoms with Crippen molar-refractivity contribution in [1.82, 2.24) is 10.3 Å². The summed E-state index contributed by atoms with van der Waals surface area (Å²) in [5.41, 5.74) is 2.19. The molecular weight excluding hydrogens is 308 g/mol. The number of carbonyl (C=O) groups excluding carboxylic acids is 2. The van der Waals surface area contributed by atoms with Gasteiger partial charge in [-0.25, -0.2) is 0 Å². The van der Waals surface area contributed by atoms with Crippen molar-refractivity contribution in [3.63, 3.8) is 0 Å². The number of hydrogen-bond acceptors (Lipinski definition) is 5. The Morgan fingerprint density at radius 2 is 1.79 bits per heavy atom. The van der Waals surface area contributed by atoms with Gasteiger partial charge in [0.25, 0.3) is 11.8 Å². The van der Waals surface area contributed by atoms with Crippen LogP contribution in [0.15, 0.2) is 42.7 Å². The Hall–Kier alpha value is -3.41. The summed E-state index contributed by atoms with van der Waals surface area (Å²) >= 11 is 0. The molecule has 0 saturated carbocycles. The first-order valence-corrected chi connectivity index (χ1v) is 7.39. The molecule has 0 bridgehead atoms. The number of rotatable bonds is 1. The largest absolute Gasteiger partial charge is 0.454 e. The number of ether oxygens (including phenoxy) is 2. The van der Waals surface area contributed by atoms with Gasteiger partial charge >= 0.3 is 0 Å². The van der Waals surface area contributed by atoms with Gasteiger partial charge in [-0.1, -0.05) is 6.07 Å². The fourth-order valence-corrected chi connectivity index (χ4v) is 3.31. The molecule has 2 amide bonds. The van der Waals surface area contributed by atoms with Crippen LogP contribution >= 0.6 is 0 Å². The number of fused-ring (bicyclic) bond motifs is 4. The average molecular weight is 318 g/mol. The molecule has 0 radical (unpaired) electrons. The smallest absolute Gasteiger partial charge is 0.259 e. The van der Waals surface area contributed by atoms with Crippen LogP contribution < -0.4 is 14.8 Å². The Labute approximate surface area is 136 Å². The zero-order valence-electron chi connectivity index (χ0n) is 12.3. The normalized spacial score (nSPS) is 14.8. The van der Waals surface area contributed by atoms with E-state index in [9.17, 15) is 9.59 Å². The summed E-state index contributed by atoms with van der Waals surface area (Å²) in [4.78, 5) is 28.6. The van der Waals surface area contributed by atoms with Crippen LogP contribution in [0.5, 0.6) is 11.5 Å². The quantitative estimate of drug-likeness (QED) is 0.698. The summed E-state index contributed by atoms with van der Waals surface area (Å²) in [6, 6.07) is 9.00. The number of carbonyl (C=O) groups is 2. The molecule has 116 valence electrons. The molecule has 3 aromatic rings. The van der Waals surface area contributed by atoms with E-state index in [1.54, 1.807) is 30.6 Å². The molecule has 2 aromatic carbocycles. The molecule has 5 rings (SSSR count). The maximum atomic E-state index is 12.4. The summed E-state index contributed by atoms with van der Waals surface area (Å²) in [7, 11) is 0. The van der Waals surface area contributed by atoms with Crippen LogP contribution in [0.4, 0.5) is 0 Å². The monoisotopic (exact) mass is 318 g/mol. The fourth-order valence-electron chi connectivity index (χ4n) is 3.31. The maximum Gasteiger partial charge on any atom is 0.259 e. The van der Waals surface area contributed by atoms with Crippen molar-refractivity contribution < 1.29 is 19.1 Å². The summed E-state index contributed by atoms with van der Waals surface area (Å²) in [6.07, 6.45) is 3.30. The summed E-state index contributed by atoms with van der Waals surface area (Å²) in [6.45, 7) is 0.131. The van der Waals surface area contributed by atoms with Crippen LogP contribution in [0.2, 0.25) is 0 Å². The molecule has 6 nitrogen and oxygen atoms in total. The van der Waals surface area contributed by atoms with Crippen LogP contribution in [0.25, 0.3) is 21.9 Å². The minimum absolute atomic E-state index is 0.131. The molecular formula is C18H10N2O4. The summed E-state index contributed by atoms with van der Waals surface area (Å²) in [5, 5.41) is 3.95. The summed E-state index contributed by atoms with van der Waals surface area (Å²) in [5.74, 6) is 0.432. The predicted molar refractivity (Wildman–Crippen MR) is 85.1 cm³/mol. The van der Waals surface area contributed by atoms with Crippen LogP contribution in [0.1, 0.15) is 20.7 Å². The second kappa shape index (κ2) is 4.55. The van der Waals surface area contributed by atoms with Gasteiger partial charge in [0, 0.05) is 23.3 Å². The second-order valence-electron chi connectivity index (χ2n) is 5.59. The van der Waals surface area contributed by atoms with Gasteiger partial charge in [-0.15, -0.1) is 0 Å². The minimum atomic E-state index is -0.403.